The third kappa shape index (κ3) is 5.34. The van der Waals surface area contributed by atoms with Gasteiger partial charge in [0, 0.05) is 18.7 Å². The largest absolute Gasteiger partial charge is 0.493 e. The molecule has 8 heteroatoms. The summed E-state index contributed by atoms with van der Waals surface area (Å²) in [5.41, 5.74) is 0.642. The fourth-order valence-electron chi connectivity index (χ4n) is 3.12. The number of esters is 1. The van der Waals surface area contributed by atoms with Gasteiger partial charge in [-0.1, -0.05) is 0 Å². The molecule has 8 nitrogen and oxygen atoms in total. The molecule has 0 bridgehead atoms. The molecule has 0 unspecified atom stereocenters. The highest BCUT2D eigenvalue weighted by atomic mass is 16.5. The Labute approximate surface area is 159 Å². The summed E-state index contributed by atoms with van der Waals surface area (Å²) in [5, 5.41) is 12.1. The Morgan fingerprint density at radius 3 is 2.63 bits per heavy atom. The summed E-state index contributed by atoms with van der Waals surface area (Å²) in [6, 6.07) is 5.12. The van der Waals surface area contributed by atoms with E-state index in [1.54, 1.807) is 13.0 Å². The first-order valence-electron chi connectivity index (χ1n) is 8.87. The van der Waals surface area contributed by atoms with E-state index in [1.165, 1.54) is 20.3 Å². The van der Waals surface area contributed by atoms with Gasteiger partial charge in [0.05, 0.1) is 44.5 Å². The zero-order valence-corrected chi connectivity index (χ0v) is 15.9. The van der Waals surface area contributed by atoms with Gasteiger partial charge in [-0.2, -0.15) is 5.26 Å². The Morgan fingerprint density at radius 1 is 1.30 bits per heavy atom. The number of carbonyl (C=O) groups is 2. The minimum Gasteiger partial charge on any atom is -0.493 e. The molecule has 1 fully saturated rings. The predicted molar refractivity (Wildman–Crippen MR) is 98.7 cm³/mol. The van der Waals surface area contributed by atoms with Crippen LogP contribution in [0.4, 0.5) is 5.69 Å². The van der Waals surface area contributed by atoms with Gasteiger partial charge in [0.1, 0.15) is 6.07 Å². The molecule has 0 aliphatic carbocycles. The number of hydrogen-bond donors (Lipinski definition) is 1. The molecule has 0 spiro atoms. The molecule has 1 aliphatic heterocycles. The van der Waals surface area contributed by atoms with Crippen molar-refractivity contribution in [3.8, 4) is 17.6 Å². The summed E-state index contributed by atoms with van der Waals surface area (Å²) >= 11 is 0. The van der Waals surface area contributed by atoms with Crippen LogP contribution in [0, 0.1) is 17.2 Å². The molecule has 1 aliphatic rings. The fraction of sp³-hybridized carbons (Fsp3) is 0.526. The van der Waals surface area contributed by atoms with Gasteiger partial charge in [-0.3, -0.25) is 14.5 Å². The number of rotatable bonds is 7. The van der Waals surface area contributed by atoms with Crippen LogP contribution >= 0.6 is 0 Å². The van der Waals surface area contributed by atoms with Gasteiger partial charge in [-0.05, 0) is 26.3 Å². The van der Waals surface area contributed by atoms with Crippen molar-refractivity contribution < 1.29 is 23.8 Å². The summed E-state index contributed by atoms with van der Waals surface area (Å²) < 4.78 is 15.5. The average Bonchev–Trinajstić information content (AvgIpc) is 2.67. The highest BCUT2D eigenvalue weighted by Gasteiger charge is 2.28. The quantitative estimate of drug-likeness (QED) is 0.725. The van der Waals surface area contributed by atoms with Crippen LogP contribution in [-0.2, 0) is 14.3 Å². The lowest BCUT2D eigenvalue weighted by Crippen LogP contribution is -2.43. The maximum atomic E-state index is 12.5. The van der Waals surface area contributed by atoms with Gasteiger partial charge in [0.2, 0.25) is 5.91 Å². The Morgan fingerprint density at radius 2 is 2.00 bits per heavy atom. The van der Waals surface area contributed by atoms with Crippen LogP contribution in [-0.4, -0.2) is 57.2 Å². The van der Waals surface area contributed by atoms with E-state index in [4.69, 9.17) is 14.2 Å². The molecule has 1 atom stereocenters. The lowest BCUT2D eigenvalue weighted by atomic mass is 9.98. The number of piperidine rings is 1. The second-order valence-electron chi connectivity index (χ2n) is 6.24. The SMILES string of the molecule is CCOC(=O)[C@H]1CCCN(CC(=O)Nc2cc(OC)c(OC)cc2C#N)C1. The van der Waals surface area contributed by atoms with Crippen molar-refractivity contribution in [1.82, 2.24) is 4.90 Å². The summed E-state index contributed by atoms with van der Waals surface area (Å²) in [6.07, 6.45) is 1.60. The van der Waals surface area contributed by atoms with E-state index in [-0.39, 0.29) is 29.9 Å². The van der Waals surface area contributed by atoms with E-state index >= 15 is 0 Å². The van der Waals surface area contributed by atoms with Crippen LogP contribution in [0.25, 0.3) is 0 Å². The van der Waals surface area contributed by atoms with Crippen LogP contribution in [0.1, 0.15) is 25.3 Å². The molecule has 0 radical (unpaired) electrons. The lowest BCUT2D eigenvalue weighted by molar-refractivity contribution is -0.150. The molecule has 1 heterocycles. The Balaban J connectivity index is 2.03. The number of likely N-dealkylation sites (tertiary alicyclic amines) is 1. The molecule has 0 aromatic heterocycles. The van der Waals surface area contributed by atoms with Crippen molar-refractivity contribution in [3.63, 3.8) is 0 Å². The van der Waals surface area contributed by atoms with Crippen LogP contribution in [0.15, 0.2) is 12.1 Å². The summed E-state index contributed by atoms with van der Waals surface area (Å²) in [5.74, 6) is 0.159. The van der Waals surface area contributed by atoms with Gasteiger partial charge < -0.3 is 19.5 Å². The zero-order chi connectivity index (χ0) is 19.8. The first-order valence-corrected chi connectivity index (χ1v) is 8.87. The summed E-state index contributed by atoms with van der Waals surface area (Å²) in [7, 11) is 2.96. The molecule has 1 N–H and O–H groups in total. The smallest absolute Gasteiger partial charge is 0.310 e. The number of ether oxygens (including phenoxy) is 3. The summed E-state index contributed by atoms with van der Waals surface area (Å²) in [6.45, 7) is 3.49. The molecular weight excluding hydrogens is 350 g/mol. The molecule has 1 aromatic rings. The van der Waals surface area contributed by atoms with Gasteiger partial charge in [0.15, 0.2) is 11.5 Å². The predicted octanol–water partition coefficient (Wildman–Crippen LogP) is 1.79. The zero-order valence-electron chi connectivity index (χ0n) is 15.9. The van der Waals surface area contributed by atoms with E-state index in [0.717, 1.165) is 19.4 Å². The van der Waals surface area contributed by atoms with Crippen molar-refractivity contribution in [3.05, 3.63) is 17.7 Å². The number of hydrogen-bond acceptors (Lipinski definition) is 7. The maximum absolute atomic E-state index is 12.5. The molecule has 146 valence electrons. The maximum Gasteiger partial charge on any atom is 0.310 e. The molecule has 1 aromatic carbocycles. The molecule has 27 heavy (non-hydrogen) atoms. The number of amides is 1. The minimum absolute atomic E-state index is 0.134. The number of nitrogens with one attached hydrogen (secondary N) is 1. The Bertz CT molecular complexity index is 729. The van der Waals surface area contributed by atoms with E-state index in [0.29, 0.717) is 30.3 Å². The van der Waals surface area contributed by atoms with E-state index in [2.05, 4.69) is 5.32 Å². The van der Waals surface area contributed by atoms with Crippen molar-refractivity contribution in [1.29, 1.82) is 5.26 Å². The summed E-state index contributed by atoms with van der Waals surface area (Å²) in [4.78, 5) is 26.3. The van der Waals surface area contributed by atoms with Crippen molar-refractivity contribution in [2.45, 2.75) is 19.8 Å². The number of carbonyl (C=O) groups excluding carboxylic acids is 2. The van der Waals surface area contributed by atoms with Crippen LogP contribution < -0.4 is 14.8 Å². The van der Waals surface area contributed by atoms with Gasteiger partial charge in [-0.15, -0.1) is 0 Å². The van der Waals surface area contributed by atoms with Crippen LogP contribution in [0.2, 0.25) is 0 Å². The monoisotopic (exact) mass is 375 g/mol. The Kier molecular flexibility index (Phi) is 7.44. The molecule has 1 amide bonds. The topological polar surface area (TPSA) is 101 Å². The van der Waals surface area contributed by atoms with Gasteiger partial charge >= 0.3 is 5.97 Å². The third-order valence-electron chi connectivity index (χ3n) is 4.41. The fourth-order valence-corrected chi connectivity index (χ4v) is 3.12. The second-order valence-corrected chi connectivity index (χ2v) is 6.24. The van der Waals surface area contributed by atoms with E-state index in [1.807, 2.05) is 11.0 Å². The second kappa shape index (κ2) is 9.78. The normalized spacial score (nSPS) is 16.9. The number of anilines is 1. The van der Waals surface area contributed by atoms with Crippen molar-refractivity contribution in [2.24, 2.45) is 5.92 Å². The van der Waals surface area contributed by atoms with Crippen LogP contribution in [0.3, 0.4) is 0 Å². The van der Waals surface area contributed by atoms with E-state index < -0.39 is 0 Å². The lowest BCUT2D eigenvalue weighted by Gasteiger charge is -2.30. The number of methoxy groups -OCH3 is 2. The number of nitriles is 1. The van der Waals surface area contributed by atoms with Crippen LogP contribution in [0.5, 0.6) is 11.5 Å². The van der Waals surface area contributed by atoms with E-state index in [9.17, 15) is 14.9 Å². The standard InChI is InChI=1S/C19H25N3O5/c1-4-27-19(24)13-6-5-7-22(11-13)12-18(23)21-15-9-17(26-3)16(25-2)8-14(15)10-20/h8-9,13H,4-7,11-12H2,1-3H3,(H,21,23)/t13-/m0/s1. The number of benzene rings is 1. The molecule has 0 saturated carbocycles. The van der Waals surface area contributed by atoms with Gasteiger partial charge in [0.25, 0.3) is 0 Å². The minimum atomic E-state index is -0.261. The van der Waals surface area contributed by atoms with Gasteiger partial charge in [-0.25, -0.2) is 0 Å². The first-order chi connectivity index (χ1) is 13.0. The number of nitrogens with zero attached hydrogens (tertiary/aromatic N) is 2. The first kappa shape index (κ1) is 20.5. The Hall–Kier alpha value is -2.79. The van der Waals surface area contributed by atoms with Crippen molar-refractivity contribution >= 4 is 17.6 Å². The van der Waals surface area contributed by atoms with Crippen molar-refractivity contribution in [2.75, 3.05) is 45.8 Å². The molecule has 1 saturated heterocycles. The molecular formula is C19H25N3O5. The highest BCUT2D eigenvalue weighted by Crippen LogP contribution is 2.33. The molecule has 2 rings (SSSR count). The highest BCUT2D eigenvalue weighted by molar-refractivity contribution is 5.94. The third-order valence-corrected chi connectivity index (χ3v) is 4.41. The average molecular weight is 375 g/mol.